The predicted molar refractivity (Wildman–Crippen MR) is 76.2 cm³/mol. The summed E-state index contributed by atoms with van der Waals surface area (Å²) in [4.78, 5) is 21.9. The van der Waals surface area contributed by atoms with Crippen molar-refractivity contribution < 1.29 is 4.79 Å². The van der Waals surface area contributed by atoms with Crippen molar-refractivity contribution in [1.29, 1.82) is 0 Å². The van der Waals surface area contributed by atoms with Crippen LogP contribution in [0, 0.1) is 5.41 Å². The van der Waals surface area contributed by atoms with Gasteiger partial charge in [0.1, 0.15) is 0 Å². The van der Waals surface area contributed by atoms with E-state index in [1.807, 2.05) is 6.20 Å². The molecule has 1 amide bonds. The van der Waals surface area contributed by atoms with Crippen LogP contribution in [-0.4, -0.2) is 53.9 Å². The van der Waals surface area contributed by atoms with Crippen LogP contribution in [-0.2, 0) is 11.2 Å². The lowest BCUT2D eigenvalue weighted by Crippen LogP contribution is -2.40. The smallest absolute Gasteiger partial charge is 0.227 e. The molecule has 0 saturated carbocycles. The van der Waals surface area contributed by atoms with Gasteiger partial charge in [0.15, 0.2) is 0 Å². The number of likely N-dealkylation sites (tertiary alicyclic amines) is 2. The standard InChI is InChI=1S/C14H21N3OS/c1-16-5-2-14(3-6-16)4-7-17(10-14)13(18)8-12-9-15-11-19-12/h9,11H,2-8,10H2,1H3. The van der Waals surface area contributed by atoms with Crippen LogP contribution < -0.4 is 0 Å². The van der Waals surface area contributed by atoms with Crippen LogP contribution >= 0.6 is 11.3 Å². The van der Waals surface area contributed by atoms with Gasteiger partial charge in [-0.2, -0.15) is 0 Å². The first-order valence-corrected chi connectivity index (χ1v) is 7.89. The van der Waals surface area contributed by atoms with Crippen molar-refractivity contribution in [3.8, 4) is 0 Å². The summed E-state index contributed by atoms with van der Waals surface area (Å²) < 4.78 is 0. The molecule has 19 heavy (non-hydrogen) atoms. The number of thiazole rings is 1. The van der Waals surface area contributed by atoms with Crippen molar-refractivity contribution >= 4 is 17.2 Å². The fraction of sp³-hybridized carbons (Fsp3) is 0.714. The molecule has 0 aliphatic carbocycles. The first kappa shape index (κ1) is 13.1. The van der Waals surface area contributed by atoms with Crippen LogP contribution in [0.1, 0.15) is 24.1 Å². The maximum Gasteiger partial charge on any atom is 0.227 e. The van der Waals surface area contributed by atoms with E-state index in [4.69, 9.17) is 0 Å². The molecule has 0 N–H and O–H groups in total. The first-order chi connectivity index (χ1) is 9.17. The molecule has 2 aliphatic rings. The SMILES string of the molecule is CN1CCC2(CC1)CCN(C(=O)Cc1cncs1)C2. The number of amides is 1. The highest BCUT2D eigenvalue weighted by molar-refractivity contribution is 7.09. The molecule has 1 spiro atoms. The number of hydrogen-bond acceptors (Lipinski definition) is 4. The lowest BCUT2D eigenvalue weighted by molar-refractivity contribution is -0.129. The molecular formula is C14H21N3OS. The first-order valence-electron chi connectivity index (χ1n) is 7.01. The molecule has 2 fully saturated rings. The van der Waals surface area contributed by atoms with Gasteiger partial charge >= 0.3 is 0 Å². The zero-order chi connectivity index (χ0) is 13.3. The van der Waals surface area contributed by atoms with E-state index < -0.39 is 0 Å². The Morgan fingerprint density at radius 3 is 2.79 bits per heavy atom. The summed E-state index contributed by atoms with van der Waals surface area (Å²) in [5.74, 6) is 0.278. The van der Waals surface area contributed by atoms with Gasteiger partial charge in [0.25, 0.3) is 0 Å². The van der Waals surface area contributed by atoms with Crippen molar-refractivity contribution in [2.24, 2.45) is 5.41 Å². The highest BCUT2D eigenvalue weighted by Crippen LogP contribution is 2.40. The van der Waals surface area contributed by atoms with Gasteiger partial charge in [0.05, 0.1) is 11.9 Å². The van der Waals surface area contributed by atoms with E-state index >= 15 is 0 Å². The van der Waals surface area contributed by atoms with Crippen LogP contribution in [0.25, 0.3) is 0 Å². The van der Waals surface area contributed by atoms with Crippen molar-refractivity contribution in [3.63, 3.8) is 0 Å². The van der Waals surface area contributed by atoms with Crippen LogP contribution in [0.15, 0.2) is 11.7 Å². The van der Waals surface area contributed by atoms with Gasteiger partial charge in [-0.15, -0.1) is 11.3 Å². The van der Waals surface area contributed by atoms with Crippen molar-refractivity contribution in [2.45, 2.75) is 25.7 Å². The minimum atomic E-state index is 0.278. The number of rotatable bonds is 2. The van der Waals surface area contributed by atoms with Gasteiger partial charge in [-0.1, -0.05) is 0 Å². The normalized spacial score (nSPS) is 23.1. The Morgan fingerprint density at radius 1 is 1.37 bits per heavy atom. The zero-order valence-electron chi connectivity index (χ0n) is 11.5. The van der Waals surface area contributed by atoms with E-state index in [9.17, 15) is 4.79 Å². The van der Waals surface area contributed by atoms with Gasteiger partial charge in [-0.05, 0) is 44.8 Å². The van der Waals surface area contributed by atoms with Gasteiger partial charge in [0, 0.05) is 24.2 Å². The summed E-state index contributed by atoms with van der Waals surface area (Å²) in [7, 11) is 2.19. The summed E-state index contributed by atoms with van der Waals surface area (Å²) in [6.07, 6.45) is 6.02. The molecule has 0 atom stereocenters. The molecule has 0 bridgehead atoms. The molecule has 0 unspecified atom stereocenters. The lowest BCUT2D eigenvalue weighted by atomic mass is 9.78. The Balaban J connectivity index is 1.58. The average molecular weight is 279 g/mol. The third-order valence-corrected chi connectivity index (χ3v) is 5.43. The summed E-state index contributed by atoms with van der Waals surface area (Å²) in [6.45, 7) is 4.27. The molecule has 3 rings (SSSR count). The molecule has 1 aromatic heterocycles. The molecule has 0 aromatic carbocycles. The Hall–Kier alpha value is -0.940. The van der Waals surface area contributed by atoms with E-state index in [-0.39, 0.29) is 5.91 Å². The Kier molecular flexibility index (Phi) is 3.58. The minimum absolute atomic E-state index is 0.278. The number of carbonyl (C=O) groups excluding carboxylic acids is 1. The van der Waals surface area contributed by atoms with E-state index in [2.05, 4.69) is 21.8 Å². The van der Waals surface area contributed by atoms with Crippen LogP contribution in [0.3, 0.4) is 0 Å². The Morgan fingerprint density at radius 2 is 2.11 bits per heavy atom. The molecular weight excluding hydrogens is 258 g/mol. The molecule has 2 saturated heterocycles. The fourth-order valence-electron chi connectivity index (χ4n) is 3.24. The Labute approximate surface area is 118 Å². The zero-order valence-corrected chi connectivity index (χ0v) is 12.3. The molecule has 1 aromatic rings. The summed E-state index contributed by atoms with van der Waals surface area (Å²) in [5, 5.41) is 0. The largest absolute Gasteiger partial charge is 0.342 e. The molecule has 0 radical (unpaired) electrons. The van der Waals surface area contributed by atoms with Gasteiger partial charge in [-0.25, -0.2) is 0 Å². The number of carbonyl (C=O) groups is 1. The fourth-order valence-corrected chi connectivity index (χ4v) is 3.82. The van der Waals surface area contributed by atoms with E-state index in [0.717, 1.165) is 18.0 Å². The monoisotopic (exact) mass is 279 g/mol. The van der Waals surface area contributed by atoms with Crippen molar-refractivity contribution in [1.82, 2.24) is 14.8 Å². The van der Waals surface area contributed by atoms with Gasteiger partial charge in [0.2, 0.25) is 5.91 Å². The highest BCUT2D eigenvalue weighted by Gasteiger charge is 2.41. The summed E-state index contributed by atoms with van der Waals surface area (Å²) in [5.41, 5.74) is 2.21. The summed E-state index contributed by atoms with van der Waals surface area (Å²) >= 11 is 1.57. The van der Waals surface area contributed by atoms with Crippen LogP contribution in [0.2, 0.25) is 0 Å². The molecule has 3 heterocycles. The third kappa shape index (κ3) is 2.82. The van der Waals surface area contributed by atoms with Crippen LogP contribution in [0.4, 0.5) is 0 Å². The number of aromatic nitrogens is 1. The predicted octanol–water partition coefficient (Wildman–Crippen LogP) is 1.63. The molecule has 4 nitrogen and oxygen atoms in total. The quantitative estimate of drug-likeness (QED) is 0.825. The second kappa shape index (κ2) is 5.21. The average Bonchev–Trinajstić information content (AvgIpc) is 3.04. The van der Waals surface area contributed by atoms with Gasteiger partial charge < -0.3 is 9.80 Å². The second-order valence-corrected chi connectivity index (χ2v) is 6.98. The third-order valence-electron chi connectivity index (χ3n) is 4.65. The van der Waals surface area contributed by atoms with E-state index in [1.165, 1.54) is 32.4 Å². The molecule has 5 heteroatoms. The van der Waals surface area contributed by atoms with Gasteiger partial charge in [-0.3, -0.25) is 9.78 Å². The molecule has 2 aliphatic heterocycles. The Bertz CT molecular complexity index is 438. The lowest BCUT2D eigenvalue weighted by Gasteiger charge is -2.37. The maximum absolute atomic E-state index is 12.3. The maximum atomic E-state index is 12.3. The van der Waals surface area contributed by atoms with E-state index in [1.54, 1.807) is 16.8 Å². The highest BCUT2D eigenvalue weighted by atomic mass is 32.1. The minimum Gasteiger partial charge on any atom is -0.342 e. The van der Waals surface area contributed by atoms with Crippen LogP contribution in [0.5, 0.6) is 0 Å². The molecule has 104 valence electrons. The topological polar surface area (TPSA) is 36.4 Å². The number of piperidine rings is 1. The number of hydrogen-bond donors (Lipinski definition) is 0. The second-order valence-electron chi connectivity index (χ2n) is 6.01. The summed E-state index contributed by atoms with van der Waals surface area (Å²) in [6, 6.07) is 0. The van der Waals surface area contributed by atoms with Crippen molar-refractivity contribution in [2.75, 3.05) is 33.2 Å². The van der Waals surface area contributed by atoms with E-state index in [0.29, 0.717) is 11.8 Å². The van der Waals surface area contributed by atoms with Crippen molar-refractivity contribution in [3.05, 3.63) is 16.6 Å². The number of nitrogens with zero attached hydrogens (tertiary/aromatic N) is 3.